The highest BCUT2D eigenvalue weighted by Gasteiger charge is 2.17. The van der Waals surface area contributed by atoms with Gasteiger partial charge in [0.25, 0.3) is 0 Å². The van der Waals surface area contributed by atoms with Crippen LogP contribution in [0.25, 0.3) is 0 Å². The summed E-state index contributed by atoms with van der Waals surface area (Å²) in [6.07, 6.45) is 5.31. The Bertz CT molecular complexity index is 669. The minimum Gasteiger partial charge on any atom is -0.372 e. The van der Waals surface area contributed by atoms with Crippen LogP contribution in [-0.2, 0) is 4.79 Å². The first kappa shape index (κ1) is 23.8. The average molecular weight is 513 g/mol. The van der Waals surface area contributed by atoms with Gasteiger partial charge < -0.3 is 20.4 Å². The first-order chi connectivity index (χ1) is 13.7. The highest BCUT2D eigenvalue weighted by molar-refractivity contribution is 14.0. The first-order valence-corrected chi connectivity index (χ1v) is 10.8. The molecule has 0 radical (unpaired) electrons. The largest absolute Gasteiger partial charge is 0.372 e. The number of carbonyl (C=O) groups is 1. The minimum atomic E-state index is 0. The molecule has 0 bridgehead atoms. The zero-order valence-electron chi connectivity index (χ0n) is 17.8. The van der Waals surface area contributed by atoms with Crippen molar-refractivity contribution in [1.82, 2.24) is 15.5 Å². The van der Waals surface area contributed by atoms with Crippen molar-refractivity contribution in [3.63, 3.8) is 0 Å². The molecule has 1 aromatic rings. The average Bonchev–Trinajstić information content (AvgIpc) is 3.42. The molecule has 7 heteroatoms. The maximum Gasteiger partial charge on any atom is 0.224 e. The van der Waals surface area contributed by atoms with Gasteiger partial charge in [-0.1, -0.05) is 12.1 Å². The Hall–Kier alpha value is -1.51. The third-order valence-electron chi connectivity index (χ3n) is 5.59. The van der Waals surface area contributed by atoms with Gasteiger partial charge in [-0.05, 0) is 57.2 Å². The second-order valence-corrected chi connectivity index (χ2v) is 7.75. The topological polar surface area (TPSA) is 60.0 Å². The van der Waals surface area contributed by atoms with E-state index in [1.807, 2.05) is 4.90 Å². The summed E-state index contributed by atoms with van der Waals surface area (Å²) >= 11 is 0. The number of guanidine groups is 1. The molecule has 162 valence electrons. The summed E-state index contributed by atoms with van der Waals surface area (Å²) in [5.74, 6) is 0.999. The van der Waals surface area contributed by atoms with E-state index in [1.165, 1.54) is 24.1 Å². The summed E-state index contributed by atoms with van der Waals surface area (Å²) in [5, 5.41) is 6.79. The lowest BCUT2D eigenvalue weighted by molar-refractivity contribution is -0.129. The van der Waals surface area contributed by atoms with Crippen molar-refractivity contribution >= 4 is 41.5 Å². The van der Waals surface area contributed by atoms with Crippen molar-refractivity contribution < 1.29 is 4.79 Å². The second kappa shape index (κ2) is 12.2. The van der Waals surface area contributed by atoms with Crippen molar-refractivity contribution in [2.45, 2.75) is 52.0 Å². The Morgan fingerprint density at radius 2 is 1.83 bits per heavy atom. The fourth-order valence-corrected chi connectivity index (χ4v) is 3.96. The third kappa shape index (κ3) is 7.04. The lowest BCUT2D eigenvalue weighted by atomic mass is 10.1. The SMILES string of the molecule is CCNC(=NCCC(=O)N1CCCC1)NC(C)c1cccc(N2CCCC2)c1.I. The van der Waals surface area contributed by atoms with Gasteiger partial charge in [-0.3, -0.25) is 9.79 Å². The van der Waals surface area contributed by atoms with E-state index in [1.54, 1.807) is 0 Å². The lowest BCUT2D eigenvalue weighted by Crippen LogP contribution is -2.39. The Morgan fingerprint density at radius 1 is 1.14 bits per heavy atom. The predicted octanol–water partition coefficient (Wildman–Crippen LogP) is 3.53. The molecule has 3 rings (SSSR count). The highest BCUT2D eigenvalue weighted by atomic mass is 127. The van der Waals surface area contributed by atoms with Crippen molar-refractivity contribution in [3.05, 3.63) is 29.8 Å². The van der Waals surface area contributed by atoms with Gasteiger partial charge in [-0.15, -0.1) is 24.0 Å². The quantitative estimate of drug-likeness (QED) is 0.333. The summed E-state index contributed by atoms with van der Waals surface area (Å²) in [6.45, 7) is 9.66. The molecule has 29 heavy (non-hydrogen) atoms. The number of benzene rings is 1. The summed E-state index contributed by atoms with van der Waals surface area (Å²) in [4.78, 5) is 21.2. The first-order valence-electron chi connectivity index (χ1n) is 10.8. The van der Waals surface area contributed by atoms with E-state index in [9.17, 15) is 4.79 Å². The maximum absolute atomic E-state index is 12.2. The highest BCUT2D eigenvalue weighted by Crippen LogP contribution is 2.23. The van der Waals surface area contributed by atoms with Crippen LogP contribution in [0.3, 0.4) is 0 Å². The second-order valence-electron chi connectivity index (χ2n) is 7.75. The molecule has 1 atom stereocenters. The Kier molecular flexibility index (Phi) is 10.0. The molecule has 0 aromatic heterocycles. The van der Waals surface area contributed by atoms with Crippen LogP contribution in [0.15, 0.2) is 29.3 Å². The number of carbonyl (C=O) groups excluding carboxylic acids is 1. The normalized spacial score (nSPS) is 17.8. The van der Waals surface area contributed by atoms with Crippen LogP contribution in [0.5, 0.6) is 0 Å². The van der Waals surface area contributed by atoms with Crippen molar-refractivity contribution in [3.8, 4) is 0 Å². The molecule has 2 aliphatic heterocycles. The summed E-state index contributed by atoms with van der Waals surface area (Å²) in [5.41, 5.74) is 2.56. The van der Waals surface area contributed by atoms with Crippen molar-refractivity contribution in [2.75, 3.05) is 44.2 Å². The van der Waals surface area contributed by atoms with Crippen LogP contribution in [0.4, 0.5) is 5.69 Å². The van der Waals surface area contributed by atoms with Crippen LogP contribution in [0.1, 0.15) is 57.6 Å². The molecule has 2 saturated heterocycles. The molecule has 1 aromatic carbocycles. The molecule has 2 aliphatic rings. The number of hydrogen-bond acceptors (Lipinski definition) is 3. The van der Waals surface area contributed by atoms with Crippen LogP contribution < -0.4 is 15.5 Å². The number of hydrogen-bond donors (Lipinski definition) is 2. The van der Waals surface area contributed by atoms with Gasteiger partial charge in [0.15, 0.2) is 5.96 Å². The van der Waals surface area contributed by atoms with Crippen LogP contribution in [-0.4, -0.2) is 56.0 Å². The lowest BCUT2D eigenvalue weighted by Gasteiger charge is -2.22. The van der Waals surface area contributed by atoms with E-state index < -0.39 is 0 Å². The molecule has 0 spiro atoms. The number of halogens is 1. The van der Waals surface area contributed by atoms with Crippen LogP contribution in [0, 0.1) is 0 Å². The van der Waals surface area contributed by atoms with Gasteiger partial charge in [0.2, 0.25) is 5.91 Å². The fraction of sp³-hybridized carbons (Fsp3) is 0.636. The zero-order valence-corrected chi connectivity index (χ0v) is 20.2. The van der Waals surface area contributed by atoms with Gasteiger partial charge in [0.05, 0.1) is 12.6 Å². The molecule has 0 saturated carbocycles. The van der Waals surface area contributed by atoms with E-state index in [-0.39, 0.29) is 35.9 Å². The van der Waals surface area contributed by atoms with Crippen molar-refractivity contribution in [2.24, 2.45) is 4.99 Å². The van der Waals surface area contributed by atoms with E-state index in [0.717, 1.165) is 51.5 Å². The molecule has 1 unspecified atom stereocenters. The number of rotatable bonds is 7. The molecular weight excluding hydrogens is 477 g/mol. The molecule has 2 heterocycles. The summed E-state index contributed by atoms with van der Waals surface area (Å²) in [6, 6.07) is 8.93. The van der Waals surface area contributed by atoms with E-state index in [4.69, 9.17) is 0 Å². The third-order valence-corrected chi connectivity index (χ3v) is 5.59. The minimum absolute atomic E-state index is 0. The van der Waals surface area contributed by atoms with E-state index in [2.05, 4.69) is 58.6 Å². The van der Waals surface area contributed by atoms with Crippen LogP contribution in [0.2, 0.25) is 0 Å². The number of nitrogens with one attached hydrogen (secondary N) is 2. The van der Waals surface area contributed by atoms with Gasteiger partial charge in [0, 0.05) is 44.8 Å². The van der Waals surface area contributed by atoms with Crippen LogP contribution >= 0.6 is 24.0 Å². The number of likely N-dealkylation sites (tertiary alicyclic amines) is 1. The van der Waals surface area contributed by atoms with Gasteiger partial charge in [-0.2, -0.15) is 0 Å². The van der Waals surface area contributed by atoms with Crippen molar-refractivity contribution in [1.29, 1.82) is 0 Å². The number of amides is 1. The molecule has 6 nitrogen and oxygen atoms in total. The fourth-order valence-electron chi connectivity index (χ4n) is 3.96. The van der Waals surface area contributed by atoms with Gasteiger partial charge in [0.1, 0.15) is 0 Å². The van der Waals surface area contributed by atoms with E-state index in [0.29, 0.717) is 13.0 Å². The van der Waals surface area contributed by atoms with E-state index >= 15 is 0 Å². The molecular formula is C22H36IN5O. The standard InChI is InChI=1S/C22H35N5O.HI/c1-3-23-22(24-12-11-21(28)27-15-6-7-16-27)25-18(2)19-9-8-10-20(17-19)26-13-4-5-14-26;/h8-10,17-18H,3-7,11-16H2,1-2H3,(H2,23,24,25);1H. The Morgan fingerprint density at radius 3 is 2.52 bits per heavy atom. The monoisotopic (exact) mass is 513 g/mol. The Labute approximate surface area is 192 Å². The summed E-state index contributed by atoms with van der Waals surface area (Å²) in [7, 11) is 0. The smallest absolute Gasteiger partial charge is 0.224 e. The maximum atomic E-state index is 12.2. The number of anilines is 1. The zero-order chi connectivity index (χ0) is 19.8. The molecule has 1 amide bonds. The molecule has 2 fully saturated rings. The summed E-state index contributed by atoms with van der Waals surface area (Å²) < 4.78 is 0. The predicted molar refractivity (Wildman–Crippen MR) is 131 cm³/mol. The van der Waals surface area contributed by atoms with Gasteiger partial charge in [-0.25, -0.2) is 0 Å². The molecule has 0 aliphatic carbocycles. The Balaban J connectivity index is 0.00000300. The molecule has 2 N–H and O–H groups in total. The number of aliphatic imine (C=N–C) groups is 1. The number of nitrogens with zero attached hydrogens (tertiary/aromatic N) is 3. The van der Waals surface area contributed by atoms with Gasteiger partial charge >= 0.3 is 0 Å².